The second-order valence-electron chi connectivity index (χ2n) is 12.3. The van der Waals surface area contributed by atoms with Gasteiger partial charge in [0.15, 0.2) is 0 Å². The van der Waals surface area contributed by atoms with E-state index in [1.807, 2.05) is 0 Å². The molecule has 0 bridgehead atoms. The van der Waals surface area contributed by atoms with Gasteiger partial charge in [0.05, 0.1) is 17.9 Å². The topological polar surface area (TPSA) is 103 Å². The molecule has 2 fully saturated rings. The van der Waals surface area contributed by atoms with Crippen molar-refractivity contribution in [1.82, 2.24) is 14.8 Å². The number of fused-ring (bicyclic) bond motifs is 1. The SMILES string of the molecule is CC1CN(c2ccc3c(c2)CN(C2CCC(=O)N(COCC[Si](C)(C)C)C2=O)C3=O)C(=O)N1c1ccc(C(F)(F)F)nc1. The number of carbonyl (C=O) groups is 4. The van der Waals surface area contributed by atoms with Crippen LogP contribution in [0.5, 0.6) is 0 Å². The summed E-state index contributed by atoms with van der Waals surface area (Å²) in [5.41, 5.74) is 0.777. The molecule has 3 aliphatic heterocycles. The van der Waals surface area contributed by atoms with E-state index >= 15 is 0 Å². The molecule has 0 spiro atoms. The molecule has 2 saturated heterocycles. The molecule has 0 N–H and O–H groups in total. The van der Waals surface area contributed by atoms with E-state index in [2.05, 4.69) is 24.6 Å². The molecule has 1 aromatic carbocycles. The van der Waals surface area contributed by atoms with Crippen LogP contribution in [0.15, 0.2) is 36.5 Å². The summed E-state index contributed by atoms with van der Waals surface area (Å²) in [4.78, 5) is 61.5. The van der Waals surface area contributed by atoms with Gasteiger partial charge in [0, 0.05) is 45.4 Å². The highest BCUT2D eigenvalue weighted by atomic mass is 28.3. The van der Waals surface area contributed by atoms with Crippen molar-refractivity contribution in [2.45, 2.75) is 70.3 Å². The van der Waals surface area contributed by atoms with Gasteiger partial charge in [-0.25, -0.2) is 9.78 Å². The number of benzene rings is 1. The van der Waals surface area contributed by atoms with Crippen molar-refractivity contribution in [2.75, 3.05) is 29.7 Å². The summed E-state index contributed by atoms with van der Waals surface area (Å²) in [6, 6.07) is 6.35. The smallest absolute Gasteiger partial charge is 0.361 e. The van der Waals surface area contributed by atoms with Gasteiger partial charge >= 0.3 is 12.2 Å². The summed E-state index contributed by atoms with van der Waals surface area (Å²) in [5.74, 6) is -1.11. The second-order valence-corrected chi connectivity index (χ2v) is 18.0. The van der Waals surface area contributed by atoms with Gasteiger partial charge in [-0.1, -0.05) is 19.6 Å². The molecule has 2 unspecified atom stereocenters. The normalized spacial score (nSPS) is 21.4. The number of amides is 5. The molecule has 10 nitrogen and oxygen atoms in total. The van der Waals surface area contributed by atoms with Crippen molar-refractivity contribution >= 4 is 43.2 Å². The number of hydrogen-bond acceptors (Lipinski definition) is 6. The molecule has 2 aromatic rings. The third-order valence-corrected chi connectivity index (χ3v) is 9.65. The third kappa shape index (κ3) is 6.16. The van der Waals surface area contributed by atoms with E-state index in [0.717, 1.165) is 23.2 Å². The molecule has 5 rings (SSSR count). The summed E-state index contributed by atoms with van der Waals surface area (Å²) >= 11 is 0. The van der Waals surface area contributed by atoms with Crippen molar-refractivity contribution in [1.29, 1.82) is 0 Å². The molecule has 5 amide bonds. The van der Waals surface area contributed by atoms with Gasteiger partial charge in [-0.05, 0) is 55.3 Å². The van der Waals surface area contributed by atoms with Crippen molar-refractivity contribution in [3.63, 3.8) is 0 Å². The first kappa shape index (κ1) is 30.7. The number of piperidine rings is 1. The van der Waals surface area contributed by atoms with Crippen molar-refractivity contribution < 1.29 is 37.1 Å². The van der Waals surface area contributed by atoms with Crippen molar-refractivity contribution in [3.05, 3.63) is 53.3 Å². The van der Waals surface area contributed by atoms with Gasteiger partial charge in [0.2, 0.25) is 5.91 Å². The van der Waals surface area contributed by atoms with Crippen LogP contribution in [0.3, 0.4) is 0 Å². The van der Waals surface area contributed by atoms with Gasteiger partial charge < -0.3 is 9.64 Å². The predicted octanol–water partition coefficient (Wildman–Crippen LogP) is 4.72. The van der Waals surface area contributed by atoms with Crippen LogP contribution in [0.2, 0.25) is 25.7 Å². The quantitative estimate of drug-likeness (QED) is 0.241. The highest BCUT2D eigenvalue weighted by Crippen LogP contribution is 2.35. The highest BCUT2D eigenvalue weighted by Gasteiger charge is 2.44. The summed E-state index contributed by atoms with van der Waals surface area (Å²) in [5, 5.41) is 0. The monoisotopic (exact) mass is 617 g/mol. The number of imide groups is 1. The summed E-state index contributed by atoms with van der Waals surface area (Å²) in [6.07, 6.45) is -3.22. The van der Waals surface area contributed by atoms with Crippen LogP contribution >= 0.6 is 0 Å². The maximum Gasteiger partial charge on any atom is 0.433 e. The van der Waals surface area contributed by atoms with E-state index in [1.54, 1.807) is 25.1 Å². The zero-order valence-electron chi connectivity index (χ0n) is 24.5. The number of nitrogens with zero attached hydrogens (tertiary/aromatic N) is 5. The number of rotatable bonds is 8. The van der Waals surface area contributed by atoms with Crippen LogP contribution in [0.4, 0.5) is 29.3 Å². The van der Waals surface area contributed by atoms with E-state index in [4.69, 9.17) is 4.74 Å². The number of likely N-dealkylation sites (tertiary alicyclic amines) is 1. The zero-order valence-corrected chi connectivity index (χ0v) is 25.5. The zero-order chi connectivity index (χ0) is 31.3. The number of urea groups is 1. The number of alkyl halides is 3. The number of halogens is 3. The largest absolute Gasteiger partial charge is 0.433 e. The van der Waals surface area contributed by atoms with Gasteiger partial charge in [-0.3, -0.25) is 29.1 Å². The molecule has 4 heterocycles. The Hall–Kier alpha value is -3.78. The van der Waals surface area contributed by atoms with Crippen LogP contribution in [0.1, 0.15) is 41.4 Å². The molecule has 1 aromatic heterocycles. The first-order chi connectivity index (χ1) is 20.2. The lowest BCUT2D eigenvalue weighted by Gasteiger charge is -2.35. The molecule has 230 valence electrons. The molecule has 14 heteroatoms. The Morgan fingerprint density at radius 3 is 2.42 bits per heavy atom. The fourth-order valence-electron chi connectivity index (χ4n) is 5.55. The Kier molecular flexibility index (Phi) is 8.11. The molecule has 3 aliphatic rings. The highest BCUT2D eigenvalue weighted by molar-refractivity contribution is 6.76. The van der Waals surface area contributed by atoms with Crippen LogP contribution in [-0.4, -0.2) is 78.6 Å². The first-order valence-corrected chi connectivity index (χ1v) is 17.9. The lowest BCUT2D eigenvalue weighted by Crippen LogP contribution is -2.55. The predicted molar refractivity (Wildman–Crippen MR) is 154 cm³/mol. The number of hydrogen-bond donors (Lipinski definition) is 0. The van der Waals surface area contributed by atoms with E-state index in [-0.39, 0.29) is 56.2 Å². The van der Waals surface area contributed by atoms with Gasteiger partial charge in [0.25, 0.3) is 11.8 Å². The Morgan fingerprint density at radius 1 is 1.05 bits per heavy atom. The lowest BCUT2D eigenvalue weighted by molar-refractivity contribution is -0.158. The maximum atomic E-state index is 13.4. The molecule has 2 atom stereocenters. The van der Waals surface area contributed by atoms with E-state index < -0.39 is 37.9 Å². The van der Waals surface area contributed by atoms with Crippen LogP contribution in [-0.2, 0) is 27.0 Å². The minimum Gasteiger partial charge on any atom is -0.361 e. The lowest BCUT2D eigenvalue weighted by atomic mass is 10.0. The molecule has 0 saturated carbocycles. The maximum absolute atomic E-state index is 13.4. The molecule has 43 heavy (non-hydrogen) atoms. The van der Waals surface area contributed by atoms with Crippen LogP contribution in [0.25, 0.3) is 0 Å². The minimum atomic E-state index is -4.59. The van der Waals surface area contributed by atoms with E-state index in [0.29, 0.717) is 23.4 Å². The Morgan fingerprint density at radius 2 is 1.77 bits per heavy atom. The summed E-state index contributed by atoms with van der Waals surface area (Å²) < 4.78 is 44.5. The molecular weight excluding hydrogens is 583 g/mol. The van der Waals surface area contributed by atoms with Gasteiger partial charge in [-0.2, -0.15) is 13.2 Å². The fraction of sp³-hybridized carbons (Fsp3) is 0.483. The number of ether oxygens (including phenoxy) is 1. The minimum absolute atomic E-state index is 0.119. The van der Waals surface area contributed by atoms with Crippen molar-refractivity contribution in [2.24, 2.45) is 0 Å². The van der Waals surface area contributed by atoms with Crippen LogP contribution < -0.4 is 9.80 Å². The van der Waals surface area contributed by atoms with E-state index in [9.17, 15) is 32.3 Å². The Balaban J connectivity index is 1.28. The summed E-state index contributed by atoms with van der Waals surface area (Å²) in [7, 11) is -1.34. The number of aromatic nitrogens is 1. The molecule has 0 aliphatic carbocycles. The Labute approximate surface area is 248 Å². The molecular formula is C29H34F3N5O5Si. The number of anilines is 2. The van der Waals surface area contributed by atoms with Crippen LogP contribution in [0, 0.1) is 0 Å². The average Bonchev–Trinajstić information content (AvgIpc) is 3.41. The number of pyridine rings is 1. The standard InChI is InChI=1S/C29H34F3N5O5Si/c1-18-15-34(28(41)37(18)21-6-9-24(33-14-21)29(30,31)32)20-5-7-22-19(13-20)16-35(26(22)39)23-8-10-25(38)36(27(23)40)17-42-11-12-43(2,3)4/h5-7,9,13-14,18,23H,8,10-12,15-17H2,1-4H3. The van der Waals surface area contributed by atoms with Gasteiger partial charge in [0.1, 0.15) is 18.5 Å². The average molecular weight is 618 g/mol. The number of carbonyl (C=O) groups excluding carboxylic acids is 4. The molecule has 0 radical (unpaired) electrons. The Bertz CT molecular complexity index is 1450. The van der Waals surface area contributed by atoms with E-state index in [1.165, 1.54) is 20.8 Å². The van der Waals surface area contributed by atoms with Crippen molar-refractivity contribution in [3.8, 4) is 0 Å². The first-order valence-electron chi connectivity index (χ1n) is 14.2. The fourth-order valence-corrected chi connectivity index (χ4v) is 6.31. The summed E-state index contributed by atoms with van der Waals surface area (Å²) in [6.45, 7) is 9.13. The second kappa shape index (κ2) is 11.4. The third-order valence-electron chi connectivity index (χ3n) is 7.95. The van der Waals surface area contributed by atoms with Gasteiger partial charge in [-0.15, -0.1) is 0 Å².